The van der Waals surface area contributed by atoms with Crippen molar-refractivity contribution in [2.45, 2.75) is 18.6 Å². The summed E-state index contributed by atoms with van der Waals surface area (Å²) < 4.78 is 18.5. The van der Waals surface area contributed by atoms with Crippen LogP contribution in [0.2, 0.25) is 5.28 Å². The number of halogens is 2. The molecular formula is C15H17ClFN7. The van der Waals surface area contributed by atoms with E-state index >= 15 is 0 Å². The molecule has 9 heteroatoms. The average Bonchev–Trinajstić information content (AvgIpc) is 3.10. The van der Waals surface area contributed by atoms with Gasteiger partial charge in [-0.25, -0.2) is 9.37 Å². The first-order chi connectivity index (χ1) is 11.5. The first kappa shape index (κ1) is 15.5. The molecule has 1 saturated heterocycles. The molecule has 7 nitrogen and oxygen atoms in total. The van der Waals surface area contributed by atoms with E-state index in [-0.39, 0.29) is 11.3 Å². The number of likely N-dealkylation sites (tertiary alicyclic amines) is 1. The lowest BCUT2D eigenvalue weighted by molar-refractivity contribution is 0.110. The molecule has 4 heterocycles. The van der Waals surface area contributed by atoms with Gasteiger partial charge in [-0.05, 0) is 31.1 Å². The van der Waals surface area contributed by atoms with Crippen molar-refractivity contribution in [3.63, 3.8) is 0 Å². The molecule has 0 bridgehead atoms. The van der Waals surface area contributed by atoms with Gasteiger partial charge in [-0.1, -0.05) is 0 Å². The molecule has 0 amide bonds. The monoisotopic (exact) mass is 349 g/mol. The Kier molecular flexibility index (Phi) is 3.73. The number of nitrogens with zero attached hydrogens (tertiary/aromatic N) is 7. The van der Waals surface area contributed by atoms with Crippen LogP contribution in [0.3, 0.4) is 0 Å². The van der Waals surface area contributed by atoms with Crippen molar-refractivity contribution in [3.05, 3.63) is 23.9 Å². The lowest BCUT2D eigenvalue weighted by Gasteiger charge is -2.34. The molecule has 0 aromatic carbocycles. The summed E-state index contributed by atoms with van der Waals surface area (Å²) in [7, 11) is 3.79. The van der Waals surface area contributed by atoms with Crippen molar-refractivity contribution >= 4 is 22.6 Å². The minimum atomic E-state index is -1.000. The van der Waals surface area contributed by atoms with E-state index < -0.39 is 6.17 Å². The van der Waals surface area contributed by atoms with Gasteiger partial charge in [-0.2, -0.15) is 4.98 Å². The van der Waals surface area contributed by atoms with Crippen LogP contribution in [0.15, 0.2) is 18.6 Å². The number of aryl methyl sites for hydroxylation is 1. The van der Waals surface area contributed by atoms with Crippen LogP contribution >= 0.6 is 11.6 Å². The maximum atomic E-state index is 14.8. The molecule has 1 aliphatic heterocycles. The van der Waals surface area contributed by atoms with Gasteiger partial charge in [0.25, 0.3) is 0 Å². The van der Waals surface area contributed by atoms with E-state index in [9.17, 15) is 4.39 Å². The van der Waals surface area contributed by atoms with Gasteiger partial charge in [0.1, 0.15) is 18.1 Å². The average molecular weight is 350 g/mol. The fourth-order valence-corrected chi connectivity index (χ4v) is 3.47. The zero-order valence-electron chi connectivity index (χ0n) is 13.4. The molecule has 0 unspecified atom stereocenters. The third kappa shape index (κ3) is 2.46. The molecule has 0 radical (unpaired) electrons. The van der Waals surface area contributed by atoms with Gasteiger partial charge in [-0.15, -0.1) is 10.2 Å². The highest BCUT2D eigenvalue weighted by molar-refractivity contribution is 6.28. The summed E-state index contributed by atoms with van der Waals surface area (Å²) in [5, 5.41) is 9.07. The van der Waals surface area contributed by atoms with Crippen LogP contribution in [0.4, 0.5) is 4.39 Å². The third-order valence-electron chi connectivity index (χ3n) is 4.53. The fourth-order valence-electron chi connectivity index (χ4n) is 3.35. The van der Waals surface area contributed by atoms with Crippen LogP contribution in [0.25, 0.3) is 22.6 Å². The number of hydrogen-bond donors (Lipinski definition) is 0. The summed E-state index contributed by atoms with van der Waals surface area (Å²) in [6, 6.07) is 1.59. The molecule has 0 aliphatic carbocycles. The zero-order valence-corrected chi connectivity index (χ0v) is 14.2. The normalized spacial score (nSPS) is 22.3. The van der Waals surface area contributed by atoms with Gasteiger partial charge in [-0.3, -0.25) is 0 Å². The van der Waals surface area contributed by atoms with E-state index in [1.54, 1.807) is 12.5 Å². The SMILES string of the molecule is CN1CC[C@@H](n2c(-c3nncn3C)cc3cnc(Cl)nc32)[C@@H](F)C1. The van der Waals surface area contributed by atoms with E-state index in [1.165, 1.54) is 0 Å². The van der Waals surface area contributed by atoms with Crippen LogP contribution in [0, 0.1) is 0 Å². The van der Waals surface area contributed by atoms with Gasteiger partial charge in [0, 0.05) is 31.7 Å². The molecule has 0 spiro atoms. The lowest BCUT2D eigenvalue weighted by Crippen LogP contribution is -2.40. The maximum Gasteiger partial charge on any atom is 0.224 e. The van der Waals surface area contributed by atoms with E-state index in [0.29, 0.717) is 24.4 Å². The molecule has 126 valence electrons. The van der Waals surface area contributed by atoms with Gasteiger partial charge in [0.05, 0.1) is 11.7 Å². The Balaban J connectivity index is 1.94. The second kappa shape index (κ2) is 5.78. The van der Waals surface area contributed by atoms with E-state index in [4.69, 9.17) is 11.6 Å². The molecule has 24 heavy (non-hydrogen) atoms. The molecule has 1 aliphatic rings. The van der Waals surface area contributed by atoms with Crippen LogP contribution < -0.4 is 0 Å². The molecular weight excluding hydrogens is 333 g/mol. The Morgan fingerprint density at radius 3 is 2.88 bits per heavy atom. The second-order valence-electron chi connectivity index (χ2n) is 6.22. The highest BCUT2D eigenvalue weighted by Crippen LogP contribution is 2.35. The Labute approximate surface area is 143 Å². The number of fused-ring (bicyclic) bond motifs is 1. The fraction of sp³-hybridized carbons (Fsp3) is 0.467. The Hall–Kier alpha value is -2.06. The minimum Gasteiger partial charge on any atom is -0.316 e. The molecule has 1 fully saturated rings. The Morgan fingerprint density at radius 2 is 2.17 bits per heavy atom. The molecule has 0 N–H and O–H groups in total. The van der Waals surface area contributed by atoms with Crippen molar-refractivity contribution in [2.75, 3.05) is 20.1 Å². The summed E-state index contributed by atoms with van der Waals surface area (Å²) in [4.78, 5) is 10.4. The lowest BCUT2D eigenvalue weighted by atomic mass is 10.0. The summed E-state index contributed by atoms with van der Waals surface area (Å²) >= 11 is 5.98. The zero-order chi connectivity index (χ0) is 16.8. The van der Waals surface area contributed by atoms with E-state index in [0.717, 1.165) is 17.6 Å². The van der Waals surface area contributed by atoms with E-state index in [1.807, 2.05) is 34.2 Å². The predicted octanol–water partition coefficient (Wildman–Crippen LogP) is 2.09. The quantitative estimate of drug-likeness (QED) is 0.663. The topological polar surface area (TPSA) is 64.7 Å². The van der Waals surface area contributed by atoms with Crippen molar-refractivity contribution in [1.82, 2.24) is 34.2 Å². The number of aromatic nitrogens is 6. The van der Waals surface area contributed by atoms with E-state index in [2.05, 4.69) is 20.2 Å². The van der Waals surface area contributed by atoms with Gasteiger partial charge in [0.15, 0.2) is 5.82 Å². The highest BCUT2D eigenvalue weighted by Gasteiger charge is 2.32. The van der Waals surface area contributed by atoms with Gasteiger partial charge >= 0.3 is 0 Å². The number of piperidine rings is 1. The summed E-state index contributed by atoms with van der Waals surface area (Å²) in [6.45, 7) is 1.21. The number of rotatable bonds is 2. The maximum absolute atomic E-state index is 14.8. The smallest absolute Gasteiger partial charge is 0.224 e. The summed E-state index contributed by atoms with van der Waals surface area (Å²) in [5.74, 6) is 0.662. The first-order valence-electron chi connectivity index (χ1n) is 7.75. The summed E-state index contributed by atoms with van der Waals surface area (Å²) in [6.07, 6.45) is 2.97. The standard InChI is InChI=1S/C15H17ClFN7/c1-22-4-3-11(10(17)7-22)24-12(14-21-19-8-23(14)2)5-9-6-18-15(16)20-13(9)24/h5-6,8,10-11H,3-4,7H2,1-2H3/t10-,11+/m0/s1. The molecule has 2 atom stereocenters. The number of alkyl halides is 1. The Morgan fingerprint density at radius 1 is 1.33 bits per heavy atom. The van der Waals surface area contributed by atoms with Crippen molar-refractivity contribution in [2.24, 2.45) is 7.05 Å². The van der Waals surface area contributed by atoms with Crippen LogP contribution in [0.5, 0.6) is 0 Å². The van der Waals surface area contributed by atoms with Crippen LogP contribution in [0.1, 0.15) is 12.5 Å². The number of hydrogen-bond acceptors (Lipinski definition) is 5. The van der Waals surface area contributed by atoms with Crippen molar-refractivity contribution < 1.29 is 4.39 Å². The molecule has 4 rings (SSSR count). The summed E-state index contributed by atoms with van der Waals surface area (Å²) in [5.41, 5.74) is 1.41. The van der Waals surface area contributed by atoms with Crippen molar-refractivity contribution in [3.8, 4) is 11.5 Å². The van der Waals surface area contributed by atoms with Gasteiger partial charge in [0.2, 0.25) is 5.28 Å². The molecule has 0 saturated carbocycles. The minimum absolute atomic E-state index is 0.148. The largest absolute Gasteiger partial charge is 0.316 e. The Bertz CT molecular complexity index is 889. The van der Waals surface area contributed by atoms with Crippen molar-refractivity contribution in [1.29, 1.82) is 0 Å². The molecule has 3 aromatic rings. The highest BCUT2D eigenvalue weighted by atomic mass is 35.5. The first-order valence-corrected chi connectivity index (χ1v) is 8.13. The van der Waals surface area contributed by atoms with Crippen LogP contribution in [-0.2, 0) is 7.05 Å². The molecule has 3 aromatic heterocycles. The third-order valence-corrected chi connectivity index (χ3v) is 4.71. The second-order valence-corrected chi connectivity index (χ2v) is 6.56. The predicted molar refractivity (Wildman–Crippen MR) is 88.6 cm³/mol. The van der Waals surface area contributed by atoms with Gasteiger partial charge < -0.3 is 14.0 Å². The van der Waals surface area contributed by atoms with Crippen LogP contribution in [-0.4, -0.2) is 60.5 Å².